The Morgan fingerprint density at radius 3 is 2.38 bits per heavy atom. The fraction of sp³-hybridized carbons (Fsp3) is 0.667. The highest BCUT2D eigenvalue weighted by Crippen LogP contribution is 2.40. The molecule has 9 heteroatoms. The van der Waals surface area contributed by atoms with Crippen molar-refractivity contribution in [3.05, 3.63) is 16.2 Å². The van der Waals surface area contributed by atoms with Gasteiger partial charge in [-0.2, -0.15) is 0 Å². The second-order valence-corrected chi connectivity index (χ2v) is 8.74. The van der Waals surface area contributed by atoms with E-state index in [0.29, 0.717) is 24.1 Å². The molecule has 0 amide bonds. The Labute approximate surface area is 128 Å². The Kier molecular flexibility index (Phi) is 4.54. The molecule has 0 radical (unpaired) electrons. The third-order valence-electron chi connectivity index (χ3n) is 3.72. The number of hydrogen-bond acceptors (Lipinski definition) is 7. The standard InChI is InChI=1S/C12H19N3O4S2/c1-13(2)9-4-6-14(7-5-9)12-10(15(16)17)8-11(20-12)21(3,18)19/h8-9H,4-7H2,1-3H3. The van der Waals surface area contributed by atoms with Crippen molar-refractivity contribution in [3.8, 4) is 0 Å². The van der Waals surface area contributed by atoms with Crippen LogP contribution < -0.4 is 4.90 Å². The number of hydrogen-bond donors (Lipinski definition) is 0. The SMILES string of the molecule is CN(C)C1CCN(c2sc(S(C)(=O)=O)cc2[N+](=O)[O-])CC1. The molecule has 2 heterocycles. The maximum Gasteiger partial charge on any atom is 0.305 e. The van der Waals surface area contributed by atoms with Gasteiger partial charge in [0.05, 0.1) is 4.92 Å². The van der Waals surface area contributed by atoms with E-state index in [1.807, 2.05) is 19.0 Å². The lowest BCUT2D eigenvalue weighted by molar-refractivity contribution is -0.383. The van der Waals surface area contributed by atoms with E-state index in [2.05, 4.69) is 4.90 Å². The average Bonchev–Trinajstić information content (AvgIpc) is 2.83. The third kappa shape index (κ3) is 3.53. The molecule has 118 valence electrons. The summed E-state index contributed by atoms with van der Waals surface area (Å²) in [4.78, 5) is 14.7. The largest absolute Gasteiger partial charge is 0.358 e. The molecule has 0 N–H and O–H groups in total. The van der Waals surface area contributed by atoms with Gasteiger partial charge in [-0.05, 0) is 26.9 Å². The molecule has 1 aliphatic heterocycles. The molecule has 0 bridgehead atoms. The van der Waals surface area contributed by atoms with Crippen molar-refractivity contribution in [3.63, 3.8) is 0 Å². The van der Waals surface area contributed by atoms with Crippen LogP contribution in [0.25, 0.3) is 0 Å². The van der Waals surface area contributed by atoms with Crippen LogP contribution in [-0.4, -0.2) is 57.7 Å². The Hall–Kier alpha value is -1.19. The van der Waals surface area contributed by atoms with Crippen LogP contribution in [0.4, 0.5) is 10.7 Å². The summed E-state index contributed by atoms with van der Waals surface area (Å²) < 4.78 is 23.3. The highest BCUT2D eigenvalue weighted by atomic mass is 32.2. The number of rotatable bonds is 4. The molecule has 0 unspecified atom stereocenters. The zero-order valence-corrected chi connectivity index (χ0v) is 13.9. The molecule has 21 heavy (non-hydrogen) atoms. The quantitative estimate of drug-likeness (QED) is 0.614. The summed E-state index contributed by atoms with van der Waals surface area (Å²) in [5.41, 5.74) is -0.108. The van der Waals surface area contributed by atoms with Crippen LogP contribution in [0.1, 0.15) is 12.8 Å². The predicted molar refractivity (Wildman–Crippen MR) is 83.0 cm³/mol. The first-order valence-electron chi connectivity index (χ1n) is 6.60. The van der Waals surface area contributed by atoms with Gasteiger partial charge in [-0.25, -0.2) is 8.42 Å². The Bertz CT molecular complexity index is 631. The van der Waals surface area contributed by atoms with E-state index >= 15 is 0 Å². The summed E-state index contributed by atoms with van der Waals surface area (Å²) >= 11 is 0.994. The van der Waals surface area contributed by atoms with Crippen LogP contribution in [-0.2, 0) is 9.84 Å². The fourth-order valence-electron chi connectivity index (χ4n) is 2.48. The maximum atomic E-state index is 11.6. The van der Waals surface area contributed by atoms with Gasteiger partial charge in [-0.1, -0.05) is 11.3 Å². The third-order valence-corrected chi connectivity index (χ3v) is 6.70. The minimum atomic E-state index is -3.42. The van der Waals surface area contributed by atoms with Crippen LogP contribution >= 0.6 is 11.3 Å². The van der Waals surface area contributed by atoms with Crippen LogP contribution in [0, 0.1) is 10.1 Å². The lowest BCUT2D eigenvalue weighted by atomic mass is 10.0. The van der Waals surface area contributed by atoms with Crippen molar-refractivity contribution in [2.75, 3.05) is 38.3 Å². The van der Waals surface area contributed by atoms with Gasteiger partial charge in [0.1, 0.15) is 4.21 Å². The molecule has 1 aromatic rings. The Balaban J connectivity index is 2.28. The van der Waals surface area contributed by atoms with Gasteiger partial charge < -0.3 is 9.80 Å². The normalized spacial score (nSPS) is 17.4. The Morgan fingerprint density at radius 2 is 1.95 bits per heavy atom. The summed E-state index contributed by atoms with van der Waals surface area (Å²) in [7, 11) is 0.625. The number of nitrogens with zero attached hydrogens (tertiary/aromatic N) is 3. The molecule has 0 aromatic carbocycles. The summed E-state index contributed by atoms with van der Waals surface area (Å²) in [5.74, 6) is 0. The molecule has 1 aromatic heterocycles. The summed E-state index contributed by atoms with van der Waals surface area (Å²) in [6, 6.07) is 1.64. The number of nitro groups is 1. The molecule has 1 aliphatic rings. The molecular weight excluding hydrogens is 314 g/mol. The van der Waals surface area contributed by atoms with Crippen molar-refractivity contribution in [1.82, 2.24) is 4.90 Å². The van der Waals surface area contributed by atoms with Crippen molar-refractivity contribution in [1.29, 1.82) is 0 Å². The van der Waals surface area contributed by atoms with Crippen molar-refractivity contribution < 1.29 is 13.3 Å². The van der Waals surface area contributed by atoms with Gasteiger partial charge in [0.25, 0.3) is 0 Å². The van der Waals surface area contributed by atoms with Crippen LogP contribution in [0.3, 0.4) is 0 Å². The van der Waals surface area contributed by atoms with Gasteiger partial charge in [0.2, 0.25) is 0 Å². The topological polar surface area (TPSA) is 83.8 Å². The summed E-state index contributed by atoms with van der Waals surface area (Å²) in [5, 5.41) is 11.6. The first-order chi connectivity index (χ1) is 9.70. The number of piperidine rings is 1. The monoisotopic (exact) mass is 333 g/mol. The number of anilines is 1. The second kappa shape index (κ2) is 5.90. The first kappa shape index (κ1) is 16.2. The van der Waals surface area contributed by atoms with Gasteiger partial charge in [0.15, 0.2) is 14.8 Å². The maximum absolute atomic E-state index is 11.6. The first-order valence-corrected chi connectivity index (χ1v) is 9.30. The molecule has 1 saturated heterocycles. The van der Waals surface area contributed by atoms with Gasteiger partial charge in [0, 0.05) is 31.5 Å². The van der Waals surface area contributed by atoms with E-state index < -0.39 is 14.8 Å². The van der Waals surface area contributed by atoms with Crippen LogP contribution in [0.15, 0.2) is 10.3 Å². The Morgan fingerprint density at radius 1 is 1.38 bits per heavy atom. The van der Waals surface area contributed by atoms with Crippen molar-refractivity contribution in [2.45, 2.75) is 23.1 Å². The zero-order valence-electron chi connectivity index (χ0n) is 12.3. The van der Waals surface area contributed by atoms with E-state index in [4.69, 9.17) is 0 Å². The minimum absolute atomic E-state index is 0.0546. The molecule has 0 spiro atoms. The lowest BCUT2D eigenvalue weighted by Crippen LogP contribution is -2.41. The van der Waals surface area contributed by atoms with E-state index in [9.17, 15) is 18.5 Å². The zero-order chi connectivity index (χ0) is 15.8. The van der Waals surface area contributed by atoms with E-state index in [-0.39, 0.29) is 9.90 Å². The average molecular weight is 333 g/mol. The van der Waals surface area contributed by atoms with Crippen LogP contribution in [0.2, 0.25) is 0 Å². The molecule has 1 fully saturated rings. The van der Waals surface area contributed by atoms with E-state index in [1.165, 1.54) is 6.07 Å². The number of thiophene rings is 1. The molecule has 0 atom stereocenters. The molecular formula is C12H19N3O4S2. The van der Waals surface area contributed by atoms with E-state index in [1.54, 1.807) is 0 Å². The second-order valence-electron chi connectivity index (χ2n) is 5.47. The predicted octanol–water partition coefficient (Wildman–Crippen LogP) is 1.59. The van der Waals surface area contributed by atoms with Gasteiger partial charge in [-0.3, -0.25) is 10.1 Å². The summed E-state index contributed by atoms with van der Waals surface area (Å²) in [6.45, 7) is 1.40. The smallest absolute Gasteiger partial charge is 0.305 e. The van der Waals surface area contributed by atoms with Crippen molar-refractivity contribution in [2.24, 2.45) is 0 Å². The van der Waals surface area contributed by atoms with E-state index in [0.717, 1.165) is 30.4 Å². The van der Waals surface area contributed by atoms with Gasteiger partial charge in [-0.15, -0.1) is 0 Å². The number of sulfone groups is 1. The fourth-order valence-corrected chi connectivity index (χ4v) is 4.55. The molecule has 0 aliphatic carbocycles. The molecule has 0 saturated carbocycles. The highest BCUT2D eigenvalue weighted by Gasteiger charge is 2.30. The van der Waals surface area contributed by atoms with Crippen molar-refractivity contribution >= 4 is 31.9 Å². The molecule has 7 nitrogen and oxygen atoms in total. The highest BCUT2D eigenvalue weighted by molar-refractivity contribution is 7.92. The minimum Gasteiger partial charge on any atom is -0.358 e. The van der Waals surface area contributed by atoms with Crippen LogP contribution in [0.5, 0.6) is 0 Å². The summed E-state index contributed by atoms with van der Waals surface area (Å²) in [6.07, 6.45) is 2.90. The van der Waals surface area contributed by atoms with Gasteiger partial charge >= 0.3 is 5.69 Å². The lowest BCUT2D eigenvalue weighted by Gasteiger charge is -2.35. The molecule has 2 rings (SSSR count).